The quantitative estimate of drug-likeness (QED) is 0.431. The van der Waals surface area contributed by atoms with E-state index in [-0.39, 0.29) is 23.6 Å². The molecule has 41 heavy (non-hydrogen) atoms. The number of rotatable bonds is 6. The lowest BCUT2D eigenvalue weighted by molar-refractivity contribution is -0.128. The topological polar surface area (TPSA) is 59.1 Å². The second-order valence-corrected chi connectivity index (χ2v) is 10.5. The first-order valence-electron chi connectivity index (χ1n) is 13.9. The van der Waals surface area contributed by atoms with E-state index >= 15 is 0 Å². The van der Waals surface area contributed by atoms with Crippen LogP contribution in [-0.2, 0) is 10.2 Å². The van der Waals surface area contributed by atoms with Gasteiger partial charge in [0.25, 0.3) is 0 Å². The second-order valence-electron chi connectivity index (χ2n) is 10.5. The van der Waals surface area contributed by atoms with Gasteiger partial charge in [-0.05, 0) is 86.0 Å². The van der Waals surface area contributed by atoms with E-state index in [0.29, 0.717) is 69.9 Å². The van der Waals surface area contributed by atoms with E-state index in [2.05, 4.69) is 10.3 Å². The molecule has 2 aliphatic heterocycles. The number of urea groups is 1. The number of hydrogen-bond donors (Lipinski definition) is 1. The van der Waals surface area contributed by atoms with Crippen molar-refractivity contribution in [2.75, 3.05) is 55.7 Å². The molecule has 7 nitrogen and oxygen atoms in total. The third-order valence-corrected chi connectivity index (χ3v) is 8.15. The molecule has 3 aromatic carbocycles. The summed E-state index contributed by atoms with van der Waals surface area (Å²) in [6, 6.07) is 18.1. The zero-order chi connectivity index (χ0) is 29.0. The third-order valence-electron chi connectivity index (χ3n) is 8.15. The van der Waals surface area contributed by atoms with Crippen molar-refractivity contribution in [2.24, 2.45) is 0 Å². The minimum absolute atomic E-state index is 0.0710. The van der Waals surface area contributed by atoms with Crippen molar-refractivity contribution >= 4 is 23.3 Å². The number of piperazine rings is 1. The molecule has 0 aliphatic carbocycles. The van der Waals surface area contributed by atoms with E-state index in [1.54, 1.807) is 46.3 Å². The predicted octanol–water partition coefficient (Wildman–Crippen LogP) is 4.94. The fourth-order valence-electron chi connectivity index (χ4n) is 5.68. The Bertz CT molecular complexity index is 1340. The highest BCUT2D eigenvalue weighted by atomic mass is 19.1. The Labute approximate surface area is 238 Å². The van der Waals surface area contributed by atoms with Gasteiger partial charge in [-0.3, -0.25) is 15.2 Å². The molecule has 0 aromatic heterocycles. The first-order chi connectivity index (χ1) is 19.8. The Morgan fingerprint density at radius 1 is 0.732 bits per heavy atom. The summed E-state index contributed by atoms with van der Waals surface area (Å²) in [5.41, 5.74) is 4.27. The Balaban J connectivity index is 1.27. The molecule has 2 saturated heterocycles. The van der Waals surface area contributed by atoms with Crippen LogP contribution >= 0.6 is 0 Å². The van der Waals surface area contributed by atoms with Gasteiger partial charge in [0.1, 0.15) is 17.5 Å². The monoisotopic (exact) mass is 565 g/mol. The number of benzene rings is 3. The SMILES string of the molecule is CCN(NC(=O)C1(c2ccc(F)cc2)CCN(C(=O)N2CCN(c3ccc(F)cc3)CC2)CC1)c1ccc(F)cc1. The van der Waals surface area contributed by atoms with Crippen LogP contribution in [0.5, 0.6) is 0 Å². The van der Waals surface area contributed by atoms with Gasteiger partial charge in [-0.15, -0.1) is 0 Å². The Morgan fingerprint density at radius 3 is 1.76 bits per heavy atom. The number of nitrogens with zero attached hydrogens (tertiary/aromatic N) is 4. The summed E-state index contributed by atoms with van der Waals surface area (Å²) in [4.78, 5) is 33.1. The summed E-state index contributed by atoms with van der Waals surface area (Å²) < 4.78 is 40.6. The first-order valence-corrected chi connectivity index (χ1v) is 13.9. The number of hydrazine groups is 1. The molecule has 2 fully saturated rings. The molecule has 0 bridgehead atoms. The molecule has 5 rings (SSSR count). The van der Waals surface area contributed by atoms with Gasteiger partial charge in [-0.25, -0.2) is 18.0 Å². The van der Waals surface area contributed by atoms with Crippen LogP contribution in [0, 0.1) is 17.5 Å². The lowest BCUT2D eigenvalue weighted by Gasteiger charge is -2.44. The van der Waals surface area contributed by atoms with Crippen LogP contribution in [0.1, 0.15) is 25.3 Å². The van der Waals surface area contributed by atoms with E-state index in [0.717, 1.165) is 5.69 Å². The number of likely N-dealkylation sites (tertiary alicyclic amines) is 1. The molecular formula is C31H34F3N5O2. The minimum Gasteiger partial charge on any atom is -0.368 e. The minimum atomic E-state index is -0.973. The van der Waals surface area contributed by atoms with E-state index < -0.39 is 11.2 Å². The molecule has 3 aromatic rings. The molecule has 0 saturated carbocycles. The molecule has 1 N–H and O–H groups in total. The molecule has 0 radical (unpaired) electrons. The van der Waals surface area contributed by atoms with Crippen molar-refractivity contribution in [3.05, 3.63) is 95.8 Å². The lowest BCUT2D eigenvalue weighted by Crippen LogP contribution is -2.59. The number of carbonyl (C=O) groups excluding carboxylic acids is 2. The molecule has 2 aliphatic rings. The number of anilines is 2. The number of piperidine rings is 1. The molecule has 10 heteroatoms. The summed E-state index contributed by atoms with van der Waals surface area (Å²) in [5.74, 6) is -1.29. The molecule has 2 heterocycles. The number of hydrogen-bond acceptors (Lipinski definition) is 4. The average molecular weight is 566 g/mol. The summed E-state index contributed by atoms with van der Waals surface area (Å²) in [7, 11) is 0. The fourth-order valence-corrected chi connectivity index (χ4v) is 5.68. The van der Waals surface area contributed by atoms with Crippen molar-refractivity contribution in [1.29, 1.82) is 0 Å². The maximum atomic E-state index is 13.9. The van der Waals surface area contributed by atoms with Crippen LogP contribution < -0.4 is 15.3 Å². The lowest BCUT2D eigenvalue weighted by atomic mass is 9.72. The molecule has 0 spiro atoms. The Morgan fingerprint density at radius 2 is 1.22 bits per heavy atom. The van der Waals surface area contributed by atoms with Gasteiger partial charge in [0.05, 0.1) is 11.1 Å². The summed E-state index contributed by atoms with van der Waals surface area (Å²) in [6.45, 7) is 5.43. The van der Waals surface area contributed by atoms with Crippen LogP contribution in [-0.4, -0.2) is 67.6 Å². The Kier molecular flexibility index (Phi) is 8.37. The third kappa shape index (κ3) is 6.11. The number of carbonyl (C=O) groups is 2. The first kappa shape index (κ1) is 28.3. The zero-order valence-corrected chi connectivity index (χ0v) is 23.0. The van der Waals surface area contributed by atoms with Crippen molar-refractivity contribution in [3.8, 4) is 0 Å². The second kappa shape index (κ2) is 12.1. The van der Waals surface area contributed by atoms with E-state index in [1.165, 1.54) is 36.4 Å². The highest BCUT2D eigenvalue weighted by Crippen LogP contribution is 2.37. The van der Waals surface area contributed by atoms with Crippen LogP contribution in [0.4, 0.5) is 29.3 Å². The highest BCUT2D eigenvalue weighted by molar-refractivity contribution is 5.90. The fraction of sp³-hybridized carbons (Fsp3) is 0.355. The zero-order valence-electron chi connectivity index (χ0n) is 23.0. The molecule has 216 valence electrons. The maximum absolute atomic E-state index is 13.9. The van der Waals surface area contributed by atoms with Gasteiger partial charge in [-0.1, -0.05) is 12.1 Å². The van der Waals surface area contributed by atoms with Gasteiger partial charge < -0.3 is 14.7 Å². The number of halogens is 3. The Hall–Kier alpha value is -4.21. The maximum Gasteiger partial charge on any atom is 0.320 e. The number of amides is 3. The predicted molar refractivity (Wildman–Crippen MR) is 152 cm³/mol. The van der Waals surface area contributed by atoms with Crippen LogP contribution in [0.25, 0.3) is 0 Å². The van der Waals surface area contributed by atoms with Crippen molar-refractivity contribution in [3.63, 3.8) is 0 Å². The average Bonchev–Trinajstić information content (AvgIpc) is 3.01. The van der Waals surface area contributed by atoms with E-state index in [1.807, 2.05) is 11.8 Å². The highest BCUT2D eigenvalue weighted by Gasteiger charge is 2.45. The molecule has 3 amide bonds. The van der Waals surface area contributed by atoms with Gasteiger partial charge >= 0.3 is 6.03 Å². The van der Waals surface area contributed by atoms with Crippen LogP contribution in [0.2, 0.25) is 0 Å². The van der Waals surface area contributed by atoms with Crippen molar-refractivity contribution in [2.45, 2.75) is 25.2 Å². The standard InChI is InChI=1S/C31H34F3N5O2/c1-2-39(28-13-9-26(34)10-14-28)35-29(40)31(23-3-5-24(32)6-4-23)15-17-37(18-16-31)30(41)38-21-19-36(20-22-38)27-11-7-25(33)8-12-27/h3-14H,2,15-22H2,1H3,(H,35,40). The van der Waals surface area contributed by atoms with E-state index in [4.69, 9.17) is 0 Å². The largest absolute Gasteiger partial charge is 0.368 e. The molecular weight excluding hydrogens is 531 g/mol. The molecule has 0 unspecified atom stereocenters. The van der Waals surface area contributed by atoms with Gasteiger partial charge in [0.15, 0.2) is 0 Å². The smallest absolute Gasteiger partial charge is 0.320 e. The van der Waals surface area contributed by atoms with Crippen molar-refractivity contribution < 1.29 is 22.8 Å². The van der Waals surface area contributed by atoms with Crippen LogP contribution in [0.15, 0.2) is 72.8 Å². The summed E-state index contributed by atoms with van der Waals surface area (Å²) >= 11 is 0. The summed E-state index contributed by atoms with van der Waals surface area (Å²) in [5, 5.41) is 1.66. The van der Waals surface area contributed by atoms with Gasteiger partial charge in [-0.2, -0.15) is 0 Å². The van der Waals surface area contributed by atoms with Crippen molar-refractivity contribution in [1.82, 2.24) is 15.2 Å². The normalized spacial score (nSPS) is 16.8. The number of nitrogens with one attached hydrogen (secondary N) is 1. The molecule has 0 atom stereocenters. The van der Waals surface area contributed by atoms with Gasteiger partial charge in [0, 0.05) is 51.5 Å². The van der Waals surface area contributed by atoms with E-state index in [9.17, 15) is 22.8 Å². The van der Waals surface area contributed by atoms with Crippen LogP contribution in [0.3, 0.4) is 0 Å². The van der Waals surface area contributed by atoms with Gasteiger partial charge in [0.2, 0.25) is 5.91 Å². The summed E-state index contributed by atoms with van der Waals surface area (Å²) in [6.07, 6.45) is 0.736.